The largest absolute Gasteiger partial charge is 0.379 e. The Morgan fingerprint density at radius 2 is 2.25 bits per heavy atom. The molecular formula is C20H31FIN5O. The number of hydrogen-bond acceptors (Lipinski definition) is 3. The highest BCUT2D eigenvalue weighted by molar-refractivity contribution is 14.0. The highest BCUT2D eigenvalue weighted by Crippen LogP contribution is 2.19. The molecule has 2 unspecified atom stereocenters. The normalized spacial score (nSPS) is 19.3. The maximum Gasteiger partial charge on any atom is 0.191 e. The fourth-order valence-corrected chi connectivity index (χ4v) is 3.65. The third-order valence-electron chi connectivity index (χ3n) is 5.19. The van der Waals surface area contributed by atoms with E-state index in [2.05, 4.69) is 39.4 Å². The van der Waals surface area contributed by atoms with Crippen LogP contribution in [0.1, 0.15) is 19.4 Å². The number of fused-ring (bicyclic) bond motifs is 1. The lowest BCUT2D eigenvalue weighted by Crippen LogP contribution is -2.53. The summed E-state index contributed by atoms with van der Waals surface area (Å²) in [5.41, 5.74) is 2.06. The Hall–Kier alpha value is -1.39. The Morgan fingerprint density at radius 3 is 3.00 bits per heavy atom. The molecule has 1 saturated heterocycles. The Labute approximate surface area is 183 Å². The first-order valence-electron chi connectivity index (χ1n) is 9.62. The molecule has 2 heterocycles. The second kappa shape index (κ2) is 11.0. The van der Waals surface area contributed by atoms with Gasteiger partial charge in [0.2, 0.25) is 0 Å². The van der Waals surface area contributed by atoms with E-state index in [1.54, 1.807) is 19.2 Å². The fourth-order valence-electron chi connectivity index (χ4n) is 3.65. The average molecular weight is 503 g/mol. The average Bonchev–Trinajstić information content (AvgIpc) is 3.06. The first-order chi connectivity index (χ1) is 13.1. The van der Waals surface area contributed by atoms with Crippen LogP contribution in [0.15, 0.2) is 29.4 Å². The van der Waals surface area contributed by atoms with Crippen LogP contribution in [0.2, 0.25) is 0 Å². The van der Waals surface area contributed by atoms with Crippen LogP contribution in [-0.4, -0.2) is 67.8 Å². The minimum atomic E-state index is -0.208. The van der Waals surface area contributed by atoms with Gasteiger partial charge >= 0.3 is 0 Å². The number of nitrogens with one attached hydrogen (secondary N) is 3. The van der Waals surface area contributed by atoms with Gasteiger partial charge in [0.15, 0.2) is 5.96 Å². The first-order valence-corrected chi connectivity index (χ1v) is 9.62. The molecule has 2 atom stereocenters. The summed E-state index contributed by atoms with van der Waals surface area (Å²) in [5.74, 6) is 0.578. The van der Waals surface area contributed by atoms with Gasteiger partial charge in [0, 0.05) is 55.9 Å². The molecule has 1 aromatic carbocycles. The number of guanidine groups is 1. The van der Waals surface area contributed by atoms with Gasteiger partial charge in [0.05, 0.1) is 13.2 Å². The van der Waals surface area contributed by atoms with Gasteiger partial charge in [-0.25, -0.2) is 4.39 Å². The van der Waals surface area contributed by atoms with E-state index in [4.69, 9.17) is 4.74 Å². The topological polar surface area (TPSA) is 64.7 Å². The van der Waals surface area contributed by atoms with Crippen LogP contribution in [-0.2, 0) is 11.2 Å². The van der Waals surface area contributed by atoms with Crippen molar-refractivity contribution < 1.29 is 9.13 Å². The summed E-state index contributed by atoms with van der Waals surface area (Å²) >= 11 is 0. The van der Waals surface area contributed by atoms with E-state index >= 15 is 0 Å². The molecule has 1 aliphatic heterocycles. The van der Waals surface area contributed by atoms with Crippen molar-refractivity contribution in [2.75, 3.05) is 39.9 Å². The molecule has 0 radical (unpaired) electrons. The van der Waals surface area contributed by atoms with Crippen LogP contribution in [0, 0.1) is 5.82 Å². The van der Waals surface area contributed by atoms with E-state index in [0.29, 0.717) is 12.1 Å². The van der Waals surface area contributed by atoms with Crippen LogP contribution in [0.25, 0.3) is 10.9 Å². The van der Waals surface area contributed by atoms with Crippen molar-refractivity contribution in [2.24, 2.45) is 4.99 Å². The van der Waals surface area contributed by atoms with E-state index in [9.17, 15) is 4.39 Å². The number of ether oxygens (including phenoxy) is 1. The fraction of sp³-hybridized carbons (Fsp3) is 0.550. The standard InChI is InChI=1S/C20H30FN5O.HI/c1-14(26-8-9-27-13-15(26)2)11-25-20(22-3)23-7-6-16-12-24-19-5-4-17(21)10-18(16)19;/h4-5,10,12,14-15,24H,6-9,11,13H2,1-3H3,(H2,22,23,25);1H. The molecule has 0 aliphatic carbocycles. The summed E-state index contributed by atoms with van der Waals surface area (Å²) in [6, 6.07) is 5.67. The number of aromatic nitrogens is 1. The first kappa shape index (κ1) is 22.9. The molecule has 0 bridgehead atoms. The Morgan fingerprint density at radius 1 is 1.43 bits per heavy atom. The molecule has 1 aliphatic rings. The SMILES string of the molecule is CN=C(NCCc1c[nH]c2ccc(F)cc12)NCC(C)N1CCOCC1C.I. The quantitative estimate of drug-likeness (QED) is 0.323. The van der Waals surface area contributed by atoms with Crippen LogP contribution >= 0.6 is 24.0 Å². The van der Waals surface area contributed by atoms with Crippen molar-refractivity contribution in [3.63, 3.8) is 0 Å². The maximum atomic E-state index is 13.5. The predicted octanol–water partition coefficient (Wildman–Crippen LogP) is 2.74. The highest BCUT2D eigenvalue weighted by atomic mass is 127. The summed E-state index contributed by atoms with van der Waals surface area (Å²) in [4.78, 5) is 9.96. The van der Waals surface area contributed by atoms with Gasteiger partial charge in [-0.05, 0) is 44.0 Å². The summed E-state index contributed by atoms with van der Waals surface area (Å²) in [7, 11) is 1.78. The molecule has 8 heteroatoms. The predicted molar refractivity (Wildman–Crippen MR) is 123 cm³/mol. The number of rotatable bonds is 6. The van der Waals surface area contributed by atoms with Crippen molar-refractivity contribution in [2.45, 2.75) is 32.4 Å². The molecule has 0 saturated carbocycles. The number of H-pyrrole nitrogens is 1. The Kier molecular flexibility index (Phi) is 8.97. The molecular weight excluding hydrogens is 472 g/mol. The minimum Gasteiger partial charge on any atom is -0.379 e. The van der Waals surface area contributed by atoms with Gasteiger partial charge in [0.1, 0.15) is 5.82 Å². The summed E-state index contributed by atoms with van der Waals surface area (Å²) in [6.07, 6.45) is 2.74. The molecule has 0 spiro atoms. The van der Waals surface area contributed by atoms with E-state index in [1.165, 1.54) is 6.07 Å². The maximum absolute atomic E-state index is 13.5. The minimum absolute atomic E-state index is 0. The van der Waals surface area contributed by atoms with Gasteiger partial charge < -0.3 is 20.4 Å². The number of benzene rings is 1. The Bertz CT molecular complexity index is 781. The summed E-state index contributed by atoms with van der Waals surface area (Å²) < 4.78 is 19.0. The van der Waals surface area contributed by atoms with Crippen molar-refractivity contribution in [1.29, 1.82) is 0 Å². The van der Waals surface area contributed by atoms with E-state index in [-0.39, 0.29) is 29.8 Å². The van der Waals surface area contributed by atoms with E-state index in [1.807, 2.05) is 6.20 Å². The Balaban J connectivity index is 0.00000280. The number of halogens is 2. The molecule has 0 amide bonds. The number of nitrogens with zero attached hydrogens (tertiary/aromatic N) is 2. The molecule has 1 fully saturated rings. The molecule has 6 nitrogen and oxygen atoms in total. The van der Waals surface area contributed by atoms with Crippen molar-refractivity contribution >= 4 is 40.8 Å². The van der Waals surface area contributed by atoms with Gasteiger partial charge in [-0.1, -0.05) is 0 Å². The van der Waals surface area contributed by atoms with Gasteiger partial charge in [0.25, 0.3) is 0 Å². The van der Waals surface area contributed by atoms with Crippen molar-refractivity contribution in [1.82, 2.24) is 20.5 Å². The zero-order valence-corrected chi connectivity index (χ0v) is 19.1. The molecule has 2 aromatic rings. The highest BCUT2D eigenvalue weighted by Gasteiger charge is 2.23. The van der Waals surface area contributed by atoms with Gasteiger partial charge in [-0.15, -0.1) is 24.0 Å². The lowest BCUT2D eigenvalue weighted by Gasteiger charge is -2.38. The third-order valence-corrected chi connectivity index (χ3v) is 5.19. The smallest absolute Gasteiger partial charge is 0.191 e. The molecule has 156 valence electrons. The number of aromatic amines is 1. The number of morpholine rings is 1. The lowest BCUT2D eigenvalue weighted by molar-refractivity contribution is -0.0174. The second-order valence-corrected chi connectivity index (χ2v) is 7.14. The van der Waals surface area contributed by atoms with Crippen molar-refractivity contribution in [3.05, 3.63) is 35.8 Å². The van der Waals surface area contributed by atoms with Gasteiger partial charge in [-0.3, -0.25) is 9.89 Å². The van der Waals surface area contributed by atoms with E-state index < -0.39 is 0 Å². The number of aliphatic imine (C=N–C) groups is 1. The van der Waals surface area contributed by atoms with Gasteiger partial charge in [-0.2, -0.15) is 0 Å². The zero-order valence-electron chi connectivity index (χ0n) is 16.8. The molecule has 3 rings (SSSR count). The number of hydrogen-bond donors (Lipinski definition) is 3. The third kappa shape index (κ3) is 5.81. The second-order valence-electron chi connectivity index (χ2n) is 7.14. The zero-order chi connectivity index (χ0) is 19.2. The summed E-state index contributed by atoms with van der Waals surface area (Å²) in [6.45, 7) is 8.53. The summed E-state index contributed by atoms with van der Waals surface area (Å²) in [5, 5.41) is 7.69. The molecule has 28 heavy (non-hydrogen) atoms. The van der Waals surface area contributed by atoms with Crippen LogP contribution in [0.3, 0.4) is 0 Å². The molecule has 3 N–H and O–H groups in total. The van der Waals surface area contributed by atoms with Crippen molar-refractivity contribution in [3.8, 4) is 0 Å². The van der Waals surface area contributed by atoms with E-state index in [0.717, 1.165) is 61.7 Å². The monoisotopic (exact) mass is 503 g/mol. The van der Waals surface area contributed by atoms with Crippen LogP contribution in [0.5, 0.6) is 0 Å². The molecule has 1 aromatic heterocycles. The lowest BCUT2D eigenvalue weighted by atomic mass is 10.1. The van der Waals surface area contributed by atoms with Crippen LogP contribution in [0.4, 0.5) is 4.39 Å². The van der Waals surface area contributed by atoms with Crippen LogP contribution < -0.4 is 10.6 Å².